The van der Waals surface area contributed by atoms with Crippen LogP contribution in [0.15, 0.2) is 36.8 Å². The van der Waals surface area contributed by atoms with Gasteiger partial charge < -0.3 is 4.90 Å². The Bertz CT molecular complexity index is 1050. The van der Waals surface area contributed by atoms with Crippen molar-refractivity contribution in [2.24, 2.45) is 0 Å². The Kier molecular flexibility index (Phi) is 4.81. The maximum atomic E-state index is 6.64. The molecule has 7 heteroatoms. The summed E-state index contributed by atoms with van der Waals surface area (Å²) in [6, 6.07) is 5.99. The molecule has 0 aliphatic carbocycles. The van der Waals surface area contributed by atoms with E-state index in [2.05, 4.69) is 37.8 Å². The molecule has 0 N–H and O–H groups in total. The van der Waals surface area contributed by atoms with Gasteiger partial charge in [-0.2, -0.15) is 4.98 Å². The molecule has 1 aromatic carbocycles. The summed E-state index contributed by atoms with van der Waals surface area (Å²) in [5, 5.41) is 0.933. The smallest absolute Gasteiger partial charge is 0.224 e. The summed E-state index contributed by atoms with van der Waals surface area (Å²) in [7, 11) is 0. The number of anilines is 1. The van der Waals surface area contributed by atoms with Crippen LogP contribution in [-0.2, 0) is 0 Å². The largest absolute Gasteiger partial charge is 0.352 e. The summed E-state index contributed by atoms with van der Waals surface area (Å²) < 4.78 is 0. The van der Waals surface area contributed by atoms with Crippen LogP contribution in [0, 0.1) is 6.92 Å². The molecule has 3 heterocycles. The molecule has 0 atom stereocenters. The van der Waals surface area contributed by atoms with Crippen LogP contribution in [-0.4, -0.2) is 33.0 Å². The summed E-state index contributed by atoms with van der Waals surface area (Å²) in [6.45, 7) is 5.53. The maximum Gasteiger partial charge on any atom is 0.224 e. The summed E-state index contributed by atoms with van der Waals surface area (Å²) >= 11 is 12.6. The molecular weight excluding hydrogens is 381 g/mol. The van der Waals surface area contributed by atoms with Crippen LogP contribution in [0.25, 0.3) is 22.9 Å². The molecule has 2 aromatic heterocycles. The molecule has 27 heavy (non-hydrogen) atoms. The van der Waals surface area contributed by atoms with Gasteiger partial charge in [0.15, 0.2) is 0 Å². The van der Waals surface area contributed by atoms with E-state index in [1.807, 2.05) is 25.1 Å². The first-order valence-corrected chi connectivity index (χ1v) is 9.37. The molecule has 0 bridgehead atoms. The number of hydrogen-bond acceptors (Lipinski definition) is 5. The molecule has 0 unspecified atom stereocenters. The van der Waals surface area contributed by atoms with Crippen molar-refractivity contribution < 1.29 is 0 Å². The second-order valence-corrected chi connectivity index (χ2v) is 7.09. The molecule has 0 amide bonds. The molecule has 1 aliphatic heterocycles. The zero-order valence-electron chi connectivity index (χ0n) is 14.9. The zero-order chi connectivity index (χ0) is 19.0. The van der Waals surface area contributed by atoms with Gasteiger partial charge in [-0.05, 0) is 48.7 Å². The molecule has 136 valence electrons. The minimum absolute atomic E-state index is 0.255. The van der Waals surface area contributed by atoms with Crippen LogP contribution in [0.2, 0.25) is 10.3 Å². The molecule has 0 fully saturated rings. The Hall–Kier alpha value is -2.50. The summed E-state index contributed by atoms with van der Waals surface area (Å²) in [4.78, 5) is 19.4. The van der Waals surface area contributed by atoms with Crippen molar-refractivity contribution in [1.29, 1.82) is 0 Å². The van der Waals surface area contributed by atoms with Crippen LogP contribution in [0.5, 0.6) is 0 Å². The van der Waals surface area contributed by atoms with E-state index >= 15 is 0 Å². The molecule has 0 saturated heterocycles. The second kappa shape index (κ2) is 7.25. The van der Waals surface area contributed by atoms with Gasteiger partial charge in [0.1, 0.15) is 5.82 Å². The fraction of sp³-hybridized carbons (Fsp3) is 0.200. The van der Waals surface area contributed by atoms with Crippen molar-refractivity contribution in [1.82, 2.24) is 19.9 Å². The lowest BCUT2D eigenvalue weighted by atomic mass is 9.98. The zero-order valence-corrected chi connectivity index (χ0v) is 16.5. The van der Waals surface area contributed by atoms with E-state index in [1.165, 1.54) is 0 Å². The molecule has 1 aliphatic rings. The molecule has 5 nitrogen and oxygen atoms in total. The lowest BCUT2D eigenvalue weighted by Gasteiger charge is -2.29. The van der Waals surface area contributed by atoms with Crippen molar-refractivity contribution in [3.05, 3.63) is 63.9 Å². The lowest BCUT2D eigenvalue weighted by molar-refractivity contribution is 0.874. The number of halogens is 2. The molecule has 4 rings (SSSR count). The number of nitrogens with zero attached hydrogens (tertiary/aromatic N) is 5. The number of fused-ring (bicyclic) bond motifs is 1. The van der Waals surface area contributed by atoms with Crippen molar-refractivity contribution in [2.75, 3.05) is 18.0 Å². The monoisotopic (exact) mass is 397 g/mol. The Morgan fingerprint density at radius 2 is 1.96 bits per heavy atom. The predicted octanol–water partition coefficient (Wildman–Crippen LogP) is 4.93. The Morgan fingerprint density at radius 3 is 2.70 bits per heavy atom. The highest BCUT2D eigenvalue weighted by Crippen LogP contribution is 2.35. The fourth-order valence-corrected chi connectivity index (χ4v) is 3.62. The number of rotatable bonds is 3. The average molecular weight is 398 g/mol. The van der Waals surface area contributed by atoms with E-state index in [4.69, 9.17) is 23.2 Å². The molecule has 0 saturated carbocycles. The standard InChI is InChI=1S/C20H17Cl2N5/c1-3-27-11-15(6-14-9-24-20(22)26-19(14)27)16-5-4-13(7-17(16)21)18-10-23-8-12(2)25-18/h4-10H,3,11H2,1-2H3. The highest BCUT2D eigenvalue weighted by Gasteiger charge is 2.21. The number of aryl methyl sites for hydroxylation is 1. The van der Waals surface area contributed by atoms with Crippen molar-refractivity contribution in [3.8, 4) is 11.3 Å². The van der Waals surface area contributed by atoms with E-state index in [9.17, 15) is 0 Å². The van der Waals surface area contributed by atoms with E-state index in [0.717, 1.165) is 46.0 Å². The van der Waals surface area contributed by atoms with Gasteiger partial charge in [-0.1, -0.05) is 23.7 Å². The molecule has 3 aromatic rings. The lowest BCUT2D eigenvalue weighted by Crippen LogP contribution is -2.29. The topological polar surface area (TPSA) is 54.8 Å². The van der Waals surface area contributed by atoms with Gasteiger partial charge in [-0.15, -0.1) is 0 Å². The fourth-order valence-electron chi connectivity index (χ4n) is 3.19. The van der Waals surface area contributed by atoms with E-state index < -0.39 is 0 Å². The SMILES string of the molecule is CCN1CC(c2ccc(-c3cncc(C)n3)cc2Cl)=Cc2cnc(Cl)nc21. The summed E-state index contributed by atoms with van der Waals surface area (Å²) in [5.41, 5.74) is 5.66. The normalized spacial score (nSPS) is 13.3. The first-order chi connectivity index (χ1) is 13.0. The van der Waals surface area contributed by atoms with Gasteiger partial charge in [0.2, 0.25) is 5.28 Å². The van der Waals surface area contributed by atoms with Gasteiger partial charge >= 0.3 is 0 Å². The Labute approximate surface area is 167 Å². The number of hydrogen-bond donors (Lipinski definition) is 0. The van der Waals surface area contributed by atoms with Crippen LogP contribution < -0.4 is 4.90 Å². The van der Waals surface area contributed by atoms with E-state index in [-0.39, 0.29) is 5.28 Å². The Balaban J connectivity index is 1.74. The average Bonchev–Trinajstić information content (AvgIpc) is 2.67. The third-order valence-corrected chi connectivity index (χ3v) is 5.00. The van der Waals surface area contributed by atoms with Crippen LogP contribution in [0.4, 0.5) is 5.82 Å². The molecule has 0 radical (unpaired) electrons. The van der Waals surface area contributed by atoms with Gasteiger partial charge in [-0.25, -0.2) is 9.97 Å². The van der Waals surface area contributed by atoms with Crippen LogP contribution in [0.3, 0.4) is 0 Å². The van der Waals surface area contributed by atoms with Gasteiger partial charge in [0, 0.05) is 41.6 Å². The summed E-state index contributed by atoms with van der Waals surface area (Å²) in [6.07, 6.45) is 7.30. The first-order valence-electron chi connectivity index (χ1n) is 8.62. The number of benzene rings is 1. The number of likely N-dealkylation sites (N-methyl/N-ethyl adjacent to an activating group) is 1. The quantitative estimate of drug-likeness (QED) is 0.586. The third kappa shape index (κ3) is 3.53. The highest BCUT2D eigenvalue weighted by molar-refractivity contribution is 6.33. The second-order valence-electron chi connectivity index (χ2n) is 6.34. The minimum atomic E-state index is 0.255. The van der Waals surface area contributed by atoms with Gasteiger partial charge in [0.05, 0.1) is 17.6 Å². The number of aromatic nitrogens is 4. The minimum Gasteiger partial charge on any atom is -0.352 e. The van der Waals surface area contributed by atoms with Crippen LogP contribution in [0.1, 0.15) is 23.7 Å². The maximum absolute atomic E-state index is 6.64. The van der Waals surface area contributed by atoms with Crippen LogP contribution >= 0.6 is 23.2 Å². The van der Waals surface area contributed by atoms with E-state index in [1.54, 1.807) is 18.6 Å². The Morgan fingerprint density at radius 1 is 1.11 bits per heavy atom. The highest BCUT2D eigenvalue weighted by atomic mass is 35.5. The van der Waals surface area contributed by atoms with Gasteiger partial charge in [-0.3, -0.25) is 4.98 Å². The van der Waals surface area contributed by atoms with Crippen molar-refractivity contribution in [2.45, 2.75) is 13.8 Å². The first kappa shape index (κ1) is 17.9. The van der Waals surface area contributed by atoms with Crippen molar-refractivity contribution >= 4 is 40.7 Å². The van der Waals surface area contributed by atoms with Gasteiger partial charge in [0.25, 0.3) is 0 Å². The van der Waals surface area contributed by atoms with E-state index in [0.29, 0.717) is 11.6 Å². The molecular formula is C20H17Cl2N5. The predicted molar refractivity (Wildman–Crippen MR) is 110 cm³/mol. The van der Waals surface area contributed by atoms with Crippen molar-refractivity contribution in [3.63, 3.8) is 0 Å². The molecule has 0 spiro atoms. The summed E-state index contributed by atoms with van der Waals surface area (Å²) in [5.74, 6) is 0.851. The third-order valence-electron chi connectivity index (χ3n) is 4.50.